The second-order valence-electron chi connectivity index (χ2n) is 3.36. The van der Waals surface area contributed by atoms with E-state index in [4.69, 9.17) is 10.2 Å². The Morgan fingerprint density at radius 1 is 0.938 bits per heavy atom. The molecule has 4 heteroatoms. The fourth-order valence-electron chi connectivity index (χ4n) is 1.61. The van der Waals surface area contributed by atoms with Crippen molar-refractivity contribution in [1.29, 1.82) is 0 Å². The zero-order valence-electron chi connectivity index (χ0n) is 8.18. The average molecular weight is 216 g/mol. The molecule has 0 bridgehead atoms. The summed E-state index contributed by atoms with van der Waals surface area (Å²) < 4.78 is 0. The van der Waals surface area contributed by atoms with E-state index in [0.717, 1.165) is 0 Å². The van der Waals surface area contributed by atoms with Crippen molar-refractivity contribution in [2.24, 2.45) is 0 Å². The van der Waals surface area contributed by atoms with E-state index in [-0.39, 0.29) is 11.1 Å². The van der Waals surface area contributed by atoms with Gasteiger partial charge in [0.25, 0.3) is 0 Å². The van der Waals surface area contributed by atoms with Gasteiger partial charge in [-0.1, -0.05) is 18.2 Å². The van der Waals surface area contributed by atoms with E-state index in [1.54, 1.807) is 18.2 Å². The molecule has 0 unspecified atom stereocenters. The summed E-state index contributed by atoms with van der Waals surface area (Å²) in [5.74, 6) is -2.13. The monoisotopic (exact) mass is 216 g/mol. The standard InChI is InChI=1S/C12H8O4/c13-11(14)8-5-7-3-1-2-4-9(12(15)16)10(7)6-8/h1-6H,(H,13,14)(H,15,16). The van der Waals surface area contributed by atoms with Crippen molar-refractivity contribution >= 4 is 11.9 Å². The first-order chi connectivity index (χ1) is 7.59. The minimum Gasteiger partial charge on any atom is -0.478 e. The normalized spacial score (nSPS) is 10.2. The number of fused-ring (bicyclic) bond motifs is 1. The van der Waals surface area contributed by atoms with Crippen LogP contribution in [0.4, 0.5) is 0 Å². The maximum atomic E-state index is 11.0. The van der Waals surface area contributed by atoms with Crippen LogP contribution in [-0.4, -0.2) is 22.2 Å². The molecule has 16 heavy (non-hydrogen) atoms. The highest BCUT2D eigenvalue weighted by atomic mass is 16.4. The Labute approximate surface area is 91.1 Å². The summed E-state index contributed by atoms with van der Waals surface area (Å²) >= 11 is 0. The maximum absolute atomic E-state index is 11.0. The Balaban J connectivity index is 2.74. The first kappa shape index (κ1) is 10.2. The molecular weight excluding hydrogens is 208 g/mol. The number of carbonyl (C=O) groups is 2. The van der Waals surface area contributed by atoms with E-state index in [9.17, 15) is 9.59 Å². The van der Waals surface area contributed by atoms with Crippen LogP contribution in [0.5, 0.6) is 0 Å². The SMILES string of the molecule is O=C(O)c1cc2ccccc(C(=O)O)c-2c1. The molecule has 0 amide bonds. The van der Waals surface area contributed by atoms with Crippen molar-refractivity contribution < 1.29 is 19.8 Å². The molecule has 0 aromatic heterocycles. The van der Waals surface area contributed by atoms with Crippen LogP contribution in [0.15, 0.2) is 36.4 Å². The zero-order valence-corrected chi connectivity index (χ0v) is 8.18. The third-order valence-corrected chi connectivity index (χ3v) is 2.34. The van der Waals surface area contributed by atoms with Crippen molar-refractivity contribution in [1.82, 2.24) is 0 Å². The molecule has 0 atom stereocenters. The highest BCUT2D eigenvalue weighted by molar-refractivity contribution is 6.00. The van der Waals surface area contributed by atoms with Gasteiger partial charge in [-0.3, -0.25) is 0 Å². The van der Waals surface area contributed by atoms with E-state index in [1.807, 2.05) is 0 Å². The maximum Gasteiger partial charge on any atom is 0.336 e. The summed E-state index contributed by atoms with van der Waals surface area (Å²) in [6.07, 6.45) is 0. The molecule has 2 N–H and O–H groups in total. The molecule has 0 saturated carbocycles. The van der Waals surface area contributed by atoms with Crippen LogP contribution in [0.25, 0.3) is 11.1 Å². The van der Waals surface area contributed by atoms with Gasteiger partial charge < -0.3 is 10.2 Å². The number of rotatable bonds is 2. The van der Waals surface area contributed by atoms with Gasteiger partial charge in [0.05, 0.1) is 11.1 Å². The van der Waals surface area contributed by atoms with Crippen LogP contribution in [0.2, 0.25) is 0 Å². The van der Waals surface area contributed by atoms with Gasteiger partial charge in [0.1, 0.15) is 0 Å². The van der Waals surface area contributed by atoms with Gasteiger partial charge in [0.2, 0.25) is 0 Å². The van der Waals surface area contributed by atoms with Crippen LogP contribution < -0.4 is 0 Å². The molecule has 2 aliphatic carbocycles. The van der Waals surface area contributed by atoms with Crippen LogP contribution in [0, 0.1) is 0 Å². The number of aromatic carboxylic acids is 2. The topological polar surface area (TPSA) is 74.6 Å². The lowest BCUT2D eigenvalue weighted by Gasteiger charge is -1.96. The van der Waals surface area contributed by atoms with E-state index in [1.165, 1.54) is 18.2 Å². The van der Waals surface area contributed by atoms with Gasteiger partial charge in [0, 0.05) is 0 Å². The molecule has 2 aliphatic rings. The lowest BCUT2D eigenvalue weighted by Crippen LogP contribution is -1.96. The number of hydrogen-bond donors (Lipinski definition) is 2. The zero-order chi connectivity index (χ0) is 11.7. The number of carboxylic acids is 2. The van der Waals surface area contributed by atoms with Gasteiger partial charge in [-0.25, -0.2) is 9.59 Å². The predicted octanol–water partition coefficient (Wildman–Crippen LogP) is 2.19. The summed E-state index contributed by atoms with van der Waals surface area (Å²) in [6.45, 7) is 0. The smallest absolute Gasteiger partial charge is 0.336 e. The quantitative estimate of drug-likeness (QED) is 0.806. The molecule has 0 radical (unpaired) electrons. The number of hydrogen-bond acceptors (Lipinski definition) is 2. The molecular formula is C12H8O4. The van der Waals surface area contributed by atoms with Gasteiger partial charge >= 0.3 is 11.9 Å². The van der Waals surface area contributed by atoms with Crippen LogP contribution in [-0.2, 0) is 0 Å². The Morgan fingerprint density at radius 3 is 2.25 bits per heavy atom. The fraction of sp³-hybridized carbons (Fsp3) is 0. The Kier molecular flexibility index (Phi) is 2.32. The van der Waals surface area contributed by atoms with Gasteiger partial charge in [-0.05, 0) is 29.3 Å². The van der Waals surface area contributed by atoms with E-state index in [0.29, 0.717) is 11.1 Å². The summed E-state index contributed by atoms with van der Waals surface area (Å²) in [5, 5.41) is 17.8. The predicted molar refractivity (Wildman–Crippen MR) is 57.0 cm³/mol. The molecule has 0 aromatic rings. The van der Waals surface area contributed by atoms with E-state index in [2.05, 4.69) is 0 Å². The molecule has 2 rings (SSSR count). The number of carboxylic acid groups (broad SMARTS) is 2. The molecule has 4 nitrogen and oxygen atoms in total. The average Bonchev–Trinajstić information content (AvgIpc) is 2.52. The van der Waals surface area contributed by atoms with Crippen LogP contribution in [0.3, 0.4) is 0 Å². The largest absolute Gasteiger partial charge is 0.478 e. The van der Waals surface area contributed by atoms with Crippen LogP contribution >= 0.6 is 0 Å². The van der Waals surface area contributed by atoms with Gasteiger partial charge in [-0.2, -0.15) is 0 Å². The minimum atomic E-state index is -1.07. The Hall–Kier alpha value is -2.36. The molecule has 0 aliphatic heterocycles. The lowest BCUT2D eigenvalue weighted by molar-refractivity contribution is 0.0685. The minimum absolute atomic E-state index is 0.101. The highest BCUT2D eigenvalue weighted by Crippen LogP contribution is 2.28. The van der Waals surface area contributed by atoms with Crippen molar-refractivity contribution in [3.05, 3.63) is 47.5 Å². The molecule has 0 saturated heterocycles. The molecule has 80 valence electrons. The highest BCUT2D eigenvalue weighted by Gasteiger charge is 2.16. The lowest BCUT2D eigenvalue weighted by atomic mass is 10.1. The Morgan fingerprint density at radius 2 is 1.62 bits per heavy atom. The van der Waals surface area contributed by atoms with E-state index >= 15 is 0 Å². The van der Waals surface area contributed by atoms with Crippen molar-refractivity contribution in [3.63, 3.8) is 0 Å². The summed E-state index contributed by atoms with van der Waals surface area (Å²) in [6, 6.07) is 9.28. The molecule has 0 heterocycles. The summed E-state index contributed by atoms with van der Waals surface area (Å²) in [7, 11) is 0. The summed E-state index contributed by atoms with van der Waals surface area (Å²) in [5.41, 5.74) is 1.26. The molecule has 0 fully saturated rings. The van der Waals surface area contributed by atoms with Crippen molar-refractivity contribution in [2.75, 3.05) is 0 Å². The van der Waals surface area contributed by atoms with Gasteiger partial charge in [-0.15, -0.1) is 0 Å². The first-order valence-electron chi connectivity index (χ1n) is 4.59. The second-order valence-corrected chi connectivity index (χ2v) is 3.36. The fourth-order valence-corrected chi connectivity index (χ4v) is 1.61. The third kappa shape index (κ3) is 1.61. The molecule has 0 aromatic carbocycles. The first-order valence-corrected chi connectivity index (χ1v) is 4.59. The Bertz CT molecular complexity index is 545. The summed E-state index contributed by atoms with van der Waals surface area (Å²) in [4.78, 5) is 21.8. The third-order valence-electron chi connectivity index (χ3n) is 2.34. The van der Waals surface area contributed by atoms with Gasteiger partial charge in [0.15, 0.2) is 0 Å². The van der Waals surface area contributed by atoms with E-state index < -0.39 is 11.9 Å². The second kappa shape index (κ2) is 3.66. The molecule has 0 spiro atoms. The van der Waals surface area contributed by atoms with Crippen molar-refractivity contribution in [2.45, 2.75) is 0 Å². The van der Waals surface area contributed by atoms with Crippen LogP contribution in [0.1, 0.15) is 20.7 Å². The van der Waals surface area contributed by atoms with Crippen molar-refractivity contribution in [3.8, 4) is 11.1 Å².